The highest BCUT2D eigenvalue weighted by atomic mass is 16.2. The molecule has 1 aliphatic rings. The Morgan fingerprint density at radius 1 is 1.23 bits per heavy atom. The molecule has 26 heavy (non-hydrogen) atoms. The van der Waals surface area contributed by atoms with Gasteiger partial charge < -0.3 is 15.2 Å². The highest BCUT2D eigenvalue weighted by molar-refractivity contribution is 6.04. The van der Waals surface area contributed by atoms with Gasteiger partial charge in [-0.2, -0.15) is 0 Å². The maximum atomic E-state index is 12.4. The average molecular weight is 355 g/mol. The Kier molecular flexibility index (Phi) is 5.62. The number of carbonyl (C=O) groups is 3. The number of imide groups is 1. The standard InChI is InChI=1S/C18H21N5O3/c24-16(20-9-11-22-10-8-19-13-22)7-6-15-17(25)23(18(26)21-15)12-14-4-2-1-3-5-14/h1-5,8,10,13,15H,6-7,9,11-12H2,(H,20,24)(H,21,26)/t15-/m0/s1. The smallest absolute Gasteiger partial charge is 0.325 e. The summed E-state index contributed by atoms with van der Waals surface area (Å²) in [5.41, 5.74) is 0.883. The van der Waals surface area contributed by atoms with E-state index in [4.69, 9.17) is 0 Å². The molecule has 1 aromatic carbocycles. The number of aromatic nitrogens is 2. The Balaban J connectivity index is 1.42. The van der Waals surface area contributed by atoms with Gasteiger partial charge in [0.15, 0.2) is 0 Å². The van der Waals surface area contributed by atoms with Crippen molar-refractivity contribution >= 4 is 17.8 Å². The van der Waals surface area contributed by atoms with E-state index in [1.165, 1.54) is 4.90 Å². The molecular formula is C18H21N5O3. The second-order valence-corrected chi connectivity index (χ2v) is 6.10. The van der Waals surface area contributed by atoms with E-state index in [1.54, 1.807) is 12.5 Å². The van der Waals surface area contributed by atoms with Crippen molar-refractivity contribution in [3.8, 4) is 0 Å². The number of benzene rings is 1. The summed E-state index contributed by atoms with van der Waals surface area (Å²) in [7, 11) is 0. The Morgan fingerprint density at radius 2 is 2.04 bits per heavy atom. The number of carbonyl (C=O) groups excluding carboxylic acids is 3. The van der Waals surface area contributed by atoms with Gasteiger partial charge >= 0.3 is 6.03 Å². The molecular weight excluding hydrogens is 334 g/mol. The predicted molar refractivity (Wildman–Crippen MR) is 93.8 cm³/mol. The zero-order valence-corrected chi connectivity index (χ0v) is 14.3. The second-order valence-electron chi connectivity index (χ2n) is 6.10. The largest absolute Gasteiger partial charge is 0.354 e. The van der Waals surface area contributed by atoms with Crippen LogP contribution >= 0.6 is 0 Å². The first kappa shape index (κ1) is 17.7. The van der Waals surface area contributed by atoms with Gasteiger partial charge in [0.05, 0.1) is 12.9 Å². The van der Waals surface area contributed by atoms with Gasteiger partial charge in [0.25, 0.3) is 5.91 Å². The number of hydrogen-bond acceptors (Lipinski definition) is 4. The van der Waals surface area contributed by atoms with Crippen LogP contribution in [0.1, 0.15) is 18.4 Å². The van der Waals surface area contributed by atoms with Crippen molar-refractivity contribution < 1.29 is 14.4 Å². The molecule has 4 amide bonds. The lowest BCUT2D eigenvalue weighted by Gasteiger charge is -2.13. The number of rotatable bonds is 8. The van der Waals surface area contributed by atoms with E-state index in [-0.39, 0.29) is 31.2 Å². The molecule has 8 nitrogen and oxygen atoms in total. The normalized spacial score (nSPS) is 16.6. The summed E-state index contributed by atoms with van der Waals surface area (Å²) in [6.07, 6.45) is 5.64. The summed E-state index contributed by atoms with van der Waals surface area (Å²) in [5, 5.41) is 5.45. The van der Waals surface area contributed by atoms with E-state index in [1.807, 2.05) is 41.1 Å². The summed E-state index contributed by atoms with van der Waals surface area (Å²) >= 11 is 0. The molecule has 1 fully saturated rings. The van der Waals surface area contributed by atoms with Crippen LogP contribution in [0.2, 0.25) is 0 Å². The minimum Gasteiger partial charge on any atom is -0.354 e. The first-order chi connectivity index (χ1) is 12.6. The maximum Gasteiger partial charge on any atom is 0.325 e. The minimum atomic E-state index is -0.648. The quantitative estimate of drug-likeness (QED) is 0.688. The Bertz CT molecular complexity index is 760. The predicted octanol–water partition coefficient (Wildman–Crippen LogP) is 0.900. The van der Waals surface area contributed by atoms with Crippen LogP contribution in [0, 0.1) is 0 Å². The minimum absolute atomic E-state index is 0.145. The second kappa shape index (κ2) is 8.28. The fourth-order valence-electron chi connectivity index (χ4n) is 2.80. The van der Waals surface area contributed by atoms with Crippen LogP contribution in [0.3, 0.4) is 0 Å². The van der Waals surface area contributed by atoms with E-state index in [0.29, 0.717) is 13.1 Å². The summed E-state index contributed by atoms with van der Waals surface area (Å²) in [4.78, 5) is 41.5. The van der Waals surface area contributed by atoms with Gasteiger partial charge in [-0.1, -0.05) is 30.3 Å². The third-order valence-electron chi connectivity index (χ3n) is 4.20. The lowest BCUT2D eigenvalue weighted by Crippen LogP contribution is -2.33. The molecule has 1 aliphatic heterocycles. The monoisotopic (exact) mass is 355 g/mol. The fraction of sp³-hybridized carbons (Fsp3) is 0.333. The zero-order valence-electron chi connectivity index (χ0n) is 14.3. The topological polar surface area (TPSA) is 96.3 Å². The third kappa shape index (κ3) is 4.47. The number of imidazole rings is 1. The third-order valence-corrected chi connectivity index (χ3v) is 4.20. The molecule has 0 saturated carbocycles. The van der Waals surface area contributed by atoms with Crippen LogP contribution in [0.4, 0.5) is 4.79 Å². The number of nitrogens with one attached hydrogen (secondary N) is 2. The van der Waals surface area contributed by atoms with E-state index in [2.05, 4.69) is 15.6 Å². The summed E-state index contributed by atoms with van der Waals surface area (Å²) in [6, 6.07) is 8.26. The Hall–Kier alpha value is -3.16. The Morgan fingerprint density at radius 3 is 2.77 bits per heavy atom. The van der Waals surface area contributed by atoms with Crippen molar-refractivity contribution in [2.45, 2.75) is 32.0 Å². The van der Waals surface area contributed by atoms with E-state index in [9.17, 15) is 14.4 Å². The Labute approximate surface area is 151 Å². The molecule has 0 aliphatic carbocycles. The number of urea groups is 1. The molecule has 2 heterocycles. The molecule has 8 heteroatoms. The molecule has 2 N–H and O–H groups in total. The lowest BCUT2D eigenvalue weighted by molar-refractivity contribution is -0.128. The van der Waals surface area contributed by atoms with Crippen LogP contribution in [0.15, 0.2) is 49.1 Å². The molecule has 1 aromatic heterocycles. The highest BCUT2D eigenvalue weighted by Gasteiger charge is 2.37. The van der Waals surface area contributed by atoms with Crippen molar-refractivity contribution in [2.24, 2.45) is 0 Å². The molecule has 0 radical (unpaired) electrons. The van der Waals surface area contributed by atoms with Crippen molar-refractivity contribution in [3.05, 3.63) is 54.6 Å². The van der Waals surface area contributed by atoms with Crippen molar-refractivity contribution in [2.75, 3.05) is 6.54 Å². The lowest BCUT2D eigenvalue weighted by atomic mass is 10.1. The van der Waals surface area contributed by atoms with Gasteiger partial charge in [-0.25, -0.2) is 9.78 Å². The van der Waals surface area contributed by atoms with Gasteiger partial charge in [-0.15, -0.1) is 0 Å². The molecule has 3 rings (SSSR count). The van der Waals surface area contributed by atoms with E-state index >= 15 is 0 Å². The number of hydrogen-bond donors (Lipinski definition) is 2. The van der Waals surface area contributed by atoms with Crippen LogP contribution in [0.25, 0.3) is 0 Å². The van der Waals surface area contributed by atoms with Gasteiger partial charge in [-0.05, 0) is 12.0 Å². The molecule has 1 saturated heterocycles. The van der Waals surface area contributed by atoms with Gasteiger partial charge in [-0.3, -0.25) is 14.5 Å². The van der Waals surface area contributed by atoms with Crippen molar-refractivity contribution in [1.82, 2.24) is 25.1 Å². The molecule has 0 unspecified atom stereocenters. The van der Waals surface area contributed by atoms with Crippen molar-refractivity contribution in [3.63, 3.8) is 0 Å². The molecule has 0 spiro atoms. The van der Waals surface area contributed by atoms with Crippen LogP contribution in [-0.4, -0.2) is 44.9 Å². The number of nitrogens with zero attached hydrogens (tertiary/aromatic N) is 3. The van der Waals surface area contributed by atoms with Gasteiger partial charge in [0.1, 0.15) is 6.04 Å². The zero-order chi connectivity index (χ0) is 18.4. The van der Waals surface area contributed by atoms with Gasteiger partial charge in [0, 0.05) is 31.9 Å². The van der Waals surface area contributed by atoms with Crippen LogP contribution in [0.5, 0.6) is 0 Å². The van der Waals surface area contributed by atoms with E-state index in [0.717, 1.165) is 5.56 Å². The van der Waals surface area contributed by atoms with Crippen LogP contribution in [-0.2, 0) is 22.7 Å². The SMILES string of the molecule is O=C(CC[C@@H]1NC(=O)N(Cc2ccccc2)C1=O)NCCn1ccnc1. The summed E-state index contributed by atoms with van der Waals surface area (Å²) < 4.78 is 1.86. The van der Waals surface area contributed by atoms with Crippen molar-refractivity contribution in [1.29, 1.82) is 0 Å². The summed E-state index contributed by atoms with van der Waals surface area (Å²) in [5.74, 6) is -0.432. The average Bonchev–Trinajstić information content (AvgIpc) is 3.25. The molecule has 1 atom stereocenters. The fourth-order valence-corrected chi connectivity index (χ4v) is 2.80. The first-order valence-corrected chi connectivity index (χ1v) is 8.52. The molecule has 2 aromatic rings. The molecule has 136 valence electrons. The number of amides is 4. The van der Waals surface area contributed by atoms with E-state index < -0.39 is 12.1 Å². The maximum absolute atomic E-state index is 12.4. The highest BCUT2D eigenvalue weighted by Crippen LogP contribution is 2.14. The first-order valence-electron chi connectivity index (χ1n) is 8.52. The van der Waals surface area contributed by atoms with Crippen LogP contribution < -0.4 is 10.6 Å². The van der Waals surface area contributed by atoms with Gasteiger partial charge in [0.2, 0.25) is 5.91 Å². The molecule has 0 bridgehead atoms. The summed E-state index contributed by atoms with van der Waals surface area (Å²) in [6.45, 7) is 1.36.